The fraction of sp³-hybridized carbons (Fsp3) is 0.708. The molecular weight excluding hydrogens is 359 g/mol. The van der Waals surface area contributed by atoms with Crippen LogP contribution in [0.25, 0.3) is 0 Å². The summed E-state index contributed by atoms with van der Waals surface area (Å²) in [5, 5.41) is 10.7. The van der Waals surface area contributed by atoms with E-state index >= 15 is 0 Å². The maximum absolute atomic E-state index is 12.7. The van der Waals surface area contributed by atoms with Gasteiger partial charge in [0.2, 0.25) is 7.28 Å². The lowest BCUT2D eigenvalue weighted by molar-refractivity contribution is -0.156. The van der Waals surface area contributed by atoms with Gasteiger partial charge in [-0.3, -0.25) is 4.79 Å². The average Bonchev–Trinajstić information content (AvgIpc) is 2.66. The molecule has 2 aliphatic carbocycles. The molecular formula is C24H36BN2O2. The van der Waals surface area contributed by atoms with Gasteiger partial charge in [-0.2, -0.15) is 0 Å². The Morgan fingerprint density at radius 1 is 1.28 bits per heavy atom. The molecule has 5 heteroatoms. The van der Waals surface area contributed by atoms with Crippen LogP contribution in [0.5, 0.6) is 5.75 Å². The maximum atomic E-state index is 12.7. The molecule has 1 radical (unpaired) electrons. The number of amides is 1. The van der Waals surface area contributed by atoms with E-state index < -0.39 is 0 Å². The highest BCUT2D eigenvalue weighted by Crippen LogP contribution is 2.70. The normalized spacial score (nSPS) is 35.4. The monoisotopic (exact) mass is 395 g/mol. The van der Waals surface area contributed by atoms with Gasteiger partial charge in [-0.1, -0.05) is 33.7 Å². The Balaban J connectivity index is 2.00. The zero-order valence-corrected chi connectivity index (χ0v) is 19.2. The Morgan fingerprint density at radius 3 is 2.62 bits per heavy atom. The summed E-state index contributed by atoms with van der Waals surface area (Å²) in [6.07, 6.45) is 4.24. The lowest BCUT2D eigenvalue weighted by Crippen LogP contribution is -2.75. The summed E-state index contributed by atoms with van der Waals surface area (Å²) >= 11 is 0. The number of nitrogens with zero attached hydrogens (tertiary/aromatic N) is 2. The summed E-state index contributed by atoms with van der Waals surface area (Å²) < 4.78 is 0. The van der Waals surface area contributed by atoms with Crippen molar-refractivity contribution < 1.29 is 9.90 Å². The van der Waals surface area contributed by atoms with E-state index in [1.807, 2.05) is 24.8 Å². The van der Waals surface area contributed by atoms with Crippen molar-refractivity contribution in [2.75, 3.05) is 20.6 Å². The molecule has 4 rings (SSSR count). The van der Waals surface area contributed by atoms with E-state index in [1.165, 1.54) is 11.1 Å². The summed E-state index contributed by atoms with van der Waals surface area (Å²) in [6.45, 7) is 12.2. The molecule has 1 aromatic rings. The first-order valence-corrected chi connectivity index (χ1v) is 11.1. The predicted octanol–water partition coefficient (Wildman–Crippen LogP) is 4.20. The third kappa shape index (κ3) is 2.40. The third-order valence-electron chi connectivity index (χ3n) is 9.38. The number of fused-ring (bicyclic) bond motifs is 1. The van der Waals surface area contributed by atoms with Crippen molar-refractivity contribution >= 4 is 13.1 Å². The van der Waals surface area contributed by atoms with Gasteiger partial charge in [0.1, 0.15) is 5.75 Å². The van der Waals surface area contributed by atoms with Gasteiger partial charge in [0.15, 0.2) is 5.81 Å². The summed E-state index contributed by atoms with van der Waals surface area (Å²) in [5.41, 5.74) is 3.74. The van der Waals surface area contributed by atoms with E-state index in [0.717, 1.165) is 37.8 Å². The number of hydrogen-bond acceptors (Lipinski definition) is 3. The van der Waals surface area contributed by atoms with Gasteiger partial charge in [0.05, 0.1) is 0 Å². The number of rotatable bonds is 2. The van der Waals surface area contributed by atoms with Crippen molar-refractivity contribution in [1.82, 2.24) is 9.80 Å². The first kappa shape index (κ1) is 20.8. The summed E-state index contributed by atoms with van der Waals surface area (Å²) in [7, 11) is 5.93. The molecule has 1 amide bonds. The topological polar surface area (TPSA) is 43.8 Å². The van der Waals surface area contributed by atoms with Crippen LogP contribution in [0.4, 0.5) is 4.79 Å². The van der Waals surface area contributed by atoms with Crippen LogP contribution in [-0.4, -0.2) is 60.7 Å². The van der Waals surface area contributed by atoms with Gasteiger partial charge < -0.3 is 14.9 Å². The molecule has 1 N–H and O–H groups in total. The molecule has 2 fully saturated rings. The summed E-state index contributed by atoms with van der Waals surface area (Å²) in [6, 6.07) is 4.69. The highest BCUT2D eigenvalue weighted by atomic mass is 16.3. The fourth-order valence-corrected chi connectivity index (χ4v) is 7.95. The minimum absolute atomic E-state index is 0.0707. The van der Waals surface area contributed by atoms with Crippen LogP contribution in [0.1, 0.15) is 56.7 Å². The number of phenols is 1. The van der Waals surface area contributed by atoms with Crippen LogP contribution in [0, 0.1) is 17.8 Å². The number of piperidine rings is 1. The van der Waals surface area contributed by atoms with Gasteiger partial charge in [-0.05, 0) is 79.8 Å². The number of hydrogen-bond donors (Lipinski definition) is 1. The molecule has 1 aromatic carbocycles. The number of benzene rings is 1. The van der Waals surface area contributed by atoms with E-state index in [0.29, 0.717) is 11.8 Å². The number of phenolic OH excluding ortho intramolecular Hbond substituents is 1. The minimum Gasteiger partial charge on any atom is -0.508 e. The Morgan fingerprint density at radius 2 is 1.97 bits per heavy atom. The molecule has 1 heterocycles. The van der Waals surface area contributed by atoms with Gasteiger partial charge in [0, 0.05) is 24.5 Å². The van der Waals surface area contributed by atoms with Crippen molar-refractivity contribution in [1.29, 1.82) is 0 Å². The minimum atomic E-state index is -0.110. The van der Waals surface area contributed by atoms with Crippen molar-refractivity contribution in [2.24, 2.45) is 10.8 Å². The fourth-order valence-electron chi connectivity index (χ4n) is 7.95. The van der Waals surface area contributed by atoms with Gasteiger partial charge >= 0.3 is 0 Å². The van der Waals surface area contributed by atoms with Crippen LogP contribution in [0.15, 0.2) is 12.1 Å². The summed E-state index contributed by atoms with van der Waals surface area (Å²) in [5.74, 6) is 0.512. The molecule has 3 aliphatic rings. The third-order valence-corrected chi connectivity index (χ3v) is 9.38. The maximum Gasteiger partial charge on any atom is 0.229 e. The van der Waals surface area contributed by atoms with Crippen LogP contribution in [0.3, 0.4) is 0 Å². The van der Waals surface area contributed by atoms with Crippen molar-refractivity contribution in [3.63, 3.8) is 0 Å². The van der Waals surface area contributed by atoms with Crippen LogP contribution in [-0.2, 0) is 11.8 Å². The second kappa shape index (κ2) is 6.50. The van der Waals surface area contributed by atoms with Gasteiger partial charge in [-0.25, -0.2) is 0 Å². The number of carbonyl (C=O) groups excluding carboxylic acids is 1. The number of likely N-dealkylation sites (N-methyl/N-ethyl adjacent to an activating group) is 1. The molecule has 2 bridgehead atoms. The Labute approximate surface area is 176 Å². The molecule has 29 heavy (non-hydrogen) atoms. The molecule has 2 unspecified atom stereocenters. The van der Waals surface area contributed by atoms with Crippen molar-refractivity contribution in [3.8, 4) is 5.75 Å². The Kier molecular flexibility index (Phi) is 4.66. The molecule has 1 saturated carbocycles. The lowest BCUT2D eigenvalue weighted by atomic mass is 9.36. The van der Waals surface area contributed by atoms with E-state index in [2.05, 4.69) is 45.7 Å². The molecule has 4 atom stereocenters. The predicted molar refractivity (Wildman–Crippen MR) is 119 cm³/mol. The van der Waals surface area contributed by atoms with E-state index in [1.54, 1.807) is 7.28 Å². The Bertz CT molecular complexity index is 854. The SMILES string of the molecule is C[B]C(=O)N(C)C1CCC2(C)[C@@H]3Cc4ccc(O)c(C)c4[C@@]2(CCN3C)C1(C)C. The van der Waals surface area contributed by atoms with Crippen molar-refractivity contribution in [3.05, 3.63) is 28.8 Å². The quantitative estimate of drug-likeness (QED) is 0.764. The van der Waals surface area contributed by atoms with Crippen molar-refractivity contribution in [2.45, 2.75) is 77.7 Å². The molecule has 1 aliphatic heterocycles. The number of carbonyl (C=O) groups is 1. The molecule has 0 aromatic heterocycles. The molecule has 0 spiro atoms. The van der Waals surface area contributed by atoms with E-state index in [9.17, 15) is 9.90 Å². The van der Waals surface area contributed by atoms with Gasteiger partial charge in [-0.15, -0.1) is 0 Å². The first-order chi connectivity index (χ1) is 13.5. The smallest absolute Gasteiger partial charge is 0.229 e. The van der Waals surface area contributed by atoms with Crippen LogP contribution < -0.4 is 0 Å². The van der Waals surface area contributed by atoms with Crippen LogP contribution in [0.2, 0.25) is 6.82 Å². The molecule has 157 valence electrons. The number of aromatic hydroxyl groups is 1. The highest BCUT2D eigenvalue weighted by Gasteiger charge is 2.70. The average molecular weight is 395 g/mol. The molecule has 4 nitrogen and oxygen atoms in total. The Hall–Kier alpha value is -1.49. The standard InChI is InChI=1S/C24H36BN2O2/c1-15-17(28)9-8-16-14-19-23(4)11-10-18(27(7)21(29)25-5)22(2,3)24(23,20(15)16)12-13-26(19)6/h8-9,18-19,28H,10-14H2,1-7H3/t18?,19-,23?,24-/m0/s1. The second-order valence-electron chi connectivity index (χ2n) is 10.5. The van der Waals surface area contributed by atoms with Crippen LogP contribution >= 0.6 is 0 Å². The second-order valence-corrected chi connectivity index (χ2v) is 10.5. The lowest BCUT2D eigenvalue weighted by Gasteiger charge is -2.72. The van der Waals surface area contributed by atoms with Gasteiger partial charge in [0.25, 0.3) is 0 Å². The zero-order valence-electron chi connectivity index (χ0n) is 19.2. The largest absolute Gasteiger partial charge is 0.508 e. The first-order valence-electron chi connectivity index (χ1n) is 11.1. The molecule has 1 saturated heterocycles. The van der Waals surface area contributed by atoms with E-state index in [4.69, 9.17) is 0 Å². The summed E-state index contributed by atoms with van der Waals surface area (Å²) in [4.78, 5) is 17.2. The number of likely N-dealkylation sites (tertiary alicyclic amines) is 1. The highest BCUT2D eigenvalue weighted by molar-refractivity contribution is 6.72. The zero-order chi connectivity index (χ0) is 21.4. The van der Waals surface area contributed by atoms with E-state index in [-0.39, 0.29) is 28.1 Å².